The van der Waals surface area contributed by atoms with Gasteiger partial charge in [-0.2, -0.15) is 5.10 Å². The number of nitrogens with one attached hydrogen (secondary N) is 1. The molecule has 0 aliphatic carbocycles. The van der Waals surface area contributed by atoms with Gasteiger partial charge < -0.3 is 4.90 Å². The van der Waals surface area contributed by atoms with Crippen molar-refractivity contribution >= 4 is 17.2 Å². The number of benzene rings is 1. The predicted octanol–water partition coefficient (Wildman–Crippen LogP) is 2.63. The summed E-state index contributed by atoms with van der Waals surface area (Å²) in [5.41, 5.74) is 1.13. The van der Waals surface area contributed by atoms with E-state index >= 15 is 0 Å². The first kappa shape index (κ1) is 18.5. The Hall–Kier alpha value is -2.51. The number of nitrogens with zero attached hydrogens (tertiary/aromatic N) is 4. The lowest BCUT2D eigenvalue weighted by molar-refractivity contribution is -0.129. The molecule has 1 amide bonds. The number of hydrogen-bond acceptors (Lipinski definition) is 5. The third-order valence-electron chi connectivity index (χ3n) is 6.23. The van der Waals surface area contributed by atoms with Crippen molar-refractivity contribution in [1.29, 1.82) is 0 Å². The second-order valence-electron chi connectivity index (χ2n) is 8.28. The number of rotatable bonds is 5. The van der Waals surface area contributed by atoms with Crippen molar-refractivity contribution in [2.24, 2.45) is 5.92 Å². The lowest BCUT2D eigenvalue weighted by Gasteiger charge is -2.27. The van der Waals surface area contributed by atoms with Gasteiger partial charge in [0.05, 0.1) is 11.8 Å². The Bertz CT molecular complexity index is 986. The Morgan fingerprint density at radius 1 is 1.21 bits per heavy atom. The molecule has 2 aliphatic heterocycles. The van der Waals surface area contributed by atoms with E-state index in [2.05, 4.69) is 45.4 Å². The van der Waals surface area contributed by atoms with E-state index in [-0.39, 0.29) is 11.3 Å². The van der Waals surface area contributed by atoms with Gasteiger partial charge in [0.1, 0.15) is 5.82 Å². The largest absolute Gasteiger partial charge is 0.341 e. The summed E-state index contributed by atoms with van der Waals surface area (Å²) < 4.78 is 0. The summed E-state index contributed by atoms with van der Waals surface area (Å²) in [6, 6.07) is 14.6. The molecule has 0 unspecified atom stereocenters. The zero-order valence-corrected chi connectivity index (χ0v) is 17.4. The summed E-state index contributed by atoms with van der Waals surface area (Å²) in [5, 5.41) is 9.59. The fourth-order valence-corrected chi connectivity index (χ4v) is 5.57. The molecule has 4 heterocycles. The van der Waals surface area contributed by atoms with Crippen LogP contribution in [-0.2, 0) is 23.2 Å². The minimum atomic E-state index is -0.190. The number of aryl methyl sites for hydroxylation is 1. The zero-order valence-electron chi connectivity index (χ0n) is 16.5. The van der Waals surface area contributed by atoms with E-state index in [0.717, 1.165) is 42.7 Å². The highest BCUT2D eigenvalue weighted by molar-refractivity contribution is 7.10. The zero-order chi connectivity index (χ0) is 19.8. The first-order chi connectivity index (χ1) is 14.1. The van der Waals surface area contributed by atoms with Crippen molar-refractivity contribution < 1.29 is 4.79 Å². The number of fused-ring (bicyclic) bond motifs is 1. The highest BCUT2D eigenvalue weighted by Gasteiger charge is 2.56. The monoisotopic (exact) mass is 407 g/mol. The predicted molar refractivity (Wildman–Crippen MR) is 113 cm³/mol. The van der Waals surface area contributed by atoms with Crippen LogP contribution in [0.25, 0.3) is 0 Å². The van der Waals surface area contributed by atoms with Gasteiger partial charge in [-0.05, 0) is 23.9 Å². The number of amides is 1. The molecule has 0 radical (unpaired) electrons. The quantitative estimate of drug-likeness (QED) is 0.706. The number of thiophene rings is 1. The van der Waals surface area contributed by atoms with Crippen LogP contribution < -0.4 is 0 Å². The first-order valence-electron chi connectivity index (χ1n) is 10.1. The smallest absolute Gasteiger partial charge is 0.227 e. The van der Waals surface area contributed by atoms with Gasteiger partial charge in [0.25, 0.3) is 0 Å². The molecule has 2 aliphatic rings. The summed E-state index contributed by atoms with van der Waals surface area (Å²) in [5.74, 6) is 2.26. The molecule has 29 heavy (non-hydrogen) atoms. The molecule has 1 N–H and O–H groups in total. The van der Waals surface area contributed by atoms with Crippen LogP contribution >= 0.6 is 11.3 Å². The fourth-order valence-electron chi connectivity index (χ4n) is 4.88. The van der Waals surface area contributed by atoms with Crippen LogP contribution in [0.3, 0.4) is 0 Å². The van der Waals surface area contributed by atoms with Crippen molar-refractivity contribution in [2.75, 3.05) is 26.2 Å². The Balaban J connectivity index is 1.37. The molecule has 3 aromatic rings. The number of aromatic nitrogens is 3. The van der Waals surface area contributed by atoms with Gasteiger partial charge in [0.2, 0.25) is 5.91 Å². The molecule has 6 nitrogen and oxygen atoms in total. The van der Waals surface area contributed by atoms with Gasteiger partial charge in [0, 0.05) is 43.5 Å². The second-order valence-corrected chi connectivity index (χ2v) is 9.32. The topological polar surface area (TPSA) is 65.1 Å². The fraction of sp³-hybridized carbons (Fsp3) is 0.409. The van der Waals surface area contributed by atoms with Crippen LogP contribution in [0.4, 0.5) is 0 Å². The van der Waals surface area contributed by atoms with Gasteiger partial charge in [-0.25, -0.2) is 4.98 Å². The molecule has 150 valence electrons. The summed E-state index contributed by atoms with van der Waals surface area (Å²) in [6.45, 7) is 6.19. The lowest BCUT2D eigenvalue weighted by atomic mass is 9.80. The van der Waals surface area contributed by atoms with Crippen molar-refractivity contribution in [2.45, 2.75) is 25.3 Å². The van der Waals surface area contributed by atoms with Gasteiger partial charge in [-0.15, -0.1) is 11.3 Å². The van der Waals surface area contributed by atoms with Gasteiger partial charge >= 0.3 is 0 Å². The summed E-state index contributed by atoms with van der Waals surface area (Å²) in [7, 11) is 0. The summed E-state index contributed by atoms with van der Waals surface area (Å²) in [6.07, 6.45) is 0.487. The van der Waals surface area contributed by atoms with E-state index in [1.807, 2.05) is 29.3 Å². The van der Waals surface area contributed by atoms with E-state index < -0.39 is 0 Å². The SMILES string of the molecule is Cc1nc([C@]23CN(Cc4ccccc4)C[C@H]2CN(C(=O)Cc2cccs2)C3)n[nH]1. The molecule has 5 rings (SSSR count). The maximum Gasteiger partial charge on any atom is 0.227 e. The van der Waals surface area contributed by atoms with E-state index in [4.69, 9.17) is 4.98 Å². The van der Waals surface area contributed by atoms with Crippen LogP contribution in [-0.4, -0.2) is 57.1 Å². The molecule has 2 atom stereocenters. The maximum atomic E-state index is 13.0. The molecule has 2 fully saturated rings. The lowest BCUT2D eigenvalue weighted by Crippen LogP contribution is -2.40. The molecule has 0 spiro atoms. The number of likely N-dealkylation sites (tertiary alicyclic amines) is 2. The van der Waals surface area contributed by atoms with Crippen molar-refractivity contribution in [3.8, 4) is 0 Å². The third kappa shape index (κ3) is 3.49. The Morgan fingerprint density at radius 2 is 2.07 bits per heavy atom. The van der Waals surface area contributed by atoms with Gasteiger partial charge in [0.15, 0.2) is 5.82 Å². The number of carbonyl (C=O) groups is 1. The standard InChI is InChI=1S/C22H25N5OS/c1-16-23-21(25-24-16)22-14-26(11-17-6-3-2-4-7-17)12-18(22)13-27(15-22)20(28)10-19-8-5-9-29-19/h2-9,18H,10-15H2,1H3,(H,23,24,25)/t18-,22-/m0/s1. The van der Waals surface area contributed by atoms with E-state index in [9.17, 15) is 4.79 Å². The minimum Gasteiger partial charge on any atom is -0.341 e. The van der Waals surface area contributed by atoms with Crippen LogP contribution in [0.2, 0.25) is 0 Å². The molecule has 2 aromatic heterocycles. The van der Waals surface area contributed by atoms with E-state index in [0.29, 0.717) is 18.9 Å². The van der Waals surface area contributed by atoms with Crippen molar-refractivity contribution in [1.82, 2.24) is 25.0 Å². The number of carbonyl (C=O) groups excluding carboxylic acids is 1. The van der Waals surface area contributed by atoms with Gasteiger partial charge in [-0.3, -0.25) is 14.8 Å². The molecule has 1 aromatic carbocycles. The van der Waals surface area contributed by atoms with E-state index in [1.54, 1.807) is 11.3 Å². The number of H-pyrrole nitrogens is 1. The first-order valence-corrected chi connectivity index (χ1v) is 11.0. The Kier molecular flexibility index (Phi) is 4.72. The van der Waals surface area contributed by atoms with Crippen molar-refractivity contribution in [3.05, 3.63) is 69.9 Å². The molecule has 2 saturated heterocycles. The molecular formula is C22H25N5OS. The normalized spacial score (nSPS) is 24.2. The molecule has 7 heteroatoms. The van der Waals surface area contributed by atoms with E-state index in [1.165, 1.54) is 5.56 Å². The second kappa shape index (κ2) is 7.39. The molecule has 0 bridgehead atoms. The Morgan fingerprint density at radius 3 is 2.79 bits per heavy atom. The number of hydrogen-bond donors (Lipinski definition) is 1. The average Bonchev–Trinajstić information content (AvgIpc) is 3.46. The highest BCUT2D eigenvalue weighted by Crippen LogP contribution is 2.44. The van der Waals surface area contributed by atoms with Gasteiger partial charge in [-0.1, -0.05) is 36.4 Å². The third-order valence-corrected chi connectivity index (χ3v) is 7.11. The average molecular weight is 408 g/mol. The van der Waals surface area contributed by atoms with Crippen LogP contribution in [0, 0.1) is 12.8 Å². The summed E-state index contributed by atoms with van der Waals surface area (Å²) in [4.78, 5) is 23.3. The Labute approximate surface area is 174 Å². The minimum absolute atomic E-state index is 0.190. The number of aromatic amines is 1. The molecular weight excluding hydrogens is 382 g/mol. The summed E-state index contributed by atoms with van der Waals surface area (Å²) >= 11 is 1.65. The van der Waals surface area contributed by atoms with Crippen LogP contribution in [0.5, 0.6) is 0 Å². The van der Waals surface area contributed by atoms with Crippen molar-refractivity contribution in [3.63, 3.8) is 0 Å². The highest BCUT2D eigenvalue weighted by atomic mass is 32.1. The van der Waals surface area contributed by atoms with Crippen LogP contribution in [0.15, 0.2) is 47.8 Å². The van der Waals surface area contributed by atoms with Crippen LogP contribution in [0.1, 0.15) is 22.1 Å². The molecule has 0 saturated carbocycles. The maximum absolute atomic E-state index is 13.0.